The molecule has 0 spiro atoms. The number of aliphatic hydroxyl groups excluding tert-OH is 1. The number of aromatic nitrogens is 1. The van der Waals surface area contributed by atoms with Crippen molar-refractivity contribution in [3.05, 3.63) is 100 Å². The first kappa shape index (κ1) is 24.9. The topological polar surface area (TPSA) is 74.2 Å². The number of thiophene rings is 1. The number of nitrogens with one attached hydrogen (secondary N) is 2. The van der Waals surface area contributed by atoms with Crippen LogP contribution in [-0.4, -0.2) is 34.7 Å². The summed E-state index contributed by atoms with van der Waals surface area (Å²) in [5.41, 5.74) is 2.66. The standard InChI is InChI=1S/C27H27F2N3O2S/c1-2-17-4-3-5-18(8-17)14-31-15-24(33)23(11-19-9-21(28)13-22(29)10-19)32-27(34)25-12-20-6-7-30-16-26(20)35-25/h3-10,12-13,16,23-24,31,33H,2,11,14-15H2,1H3,(H,32,34)/t23-,24-/m0/s1. The van der Waals surface area contributed by atoms with Crippen molar-refractivity contribution in [3.63, 3.8) is 0 Å². The van der Waals surface area contributed by atoms with E-state index < -0.39 is 23.8 Å². The maximum absolute atomic E-state index is 13.8. The van der Waals surface area contributed by atoms with Crippen LogP contribution in [-0.2, 0) is 19.4 Å². The van der Waals surface area contributed by atoms with Crippen LogP contribution in [0.5, 0.6) is 0 Å². The van der Waals surface area contributed by atoms with Crippen molar-refractivity contribution in [2.24, 2.45) is 0 Å². The normalized spacial score (nSPS) is 13.0. The number of hydrogen-bond acceptors (Lipinski definition) is 5. The van der Waals surface area contributed by atoms with Crippen molar-refractivity contribution in [3.8, 4) is 0 Å². The van der Waals surface area contributed by atoms with Crippen molar-refractivity contribution in [2.75, 3.05) is 6.54 Å². The second-order valence-electron chi connectivity index (χ2n) is 8.46. The summed E-state index contributed by atoms with van der Waals surface area (Å²) in [7, 11) is 0. The molecule has 35 heavy (non-hydrogen) atoms. The molecule has 8 heteroatoms. The Bertz CT molecular complexity index is 1260. The Morgan fingerprint density at radius 2 is 1.83 bits per heavy atom. The number of carbonyl (C=O) groups is 1. The van der Waals surface area contributed by atoms with E-state index >= 15 is 0 Å². The summed E-state index contributed by atoms with van der Waals surface area (Å²) in [4.78, 5) is 17.6. The van der Waals surface area contributed by atoms with E-state index in [2.05, 4.69) is 34.7 Å². The Morgan fingerprint density at radius 3 is 2.57 bits per heavy atom. The van der Waals surface area contributed by atoms with Gasteiger partial charge in [-0.1, -0.05) is 31.2 Å². The van der Waals surface area contributed by atoms with Gasteiger partial charge in [-0.05, 0) is 59.2 Å². The van der Waals surface area contributed by atoms with Gasteiger partial charge in [0.25, 0.3) is 5.91 Å². The van der Waals surface area contributed by atoms with Crippen LogP contribution >= 0.6 is 11.3 Å². The Morgan fingerprint density at radius 1 is 1.06 bits per heavy atom. The maximum Gasteiger partial charge on any atom is 0.261 e. The monoisotopic (exact) mass is 495 g/mol. The molecule has 182 valence electrons. The zero-order valence-corrected chi connectivity index (χ0v) is 20.1. The summed E-state index contributed by atoms with van der Waals surface area (Å²) in [5.74, 6) is -1.77. The molecule has 2 heterocycles. The van der Waals surface area contributed by atoms with Gasteiger partial charge in [0.1, 0.15) is 11.6 Å². The number of aryl methyl sites for hydroxylation is 1. The third-order valence-electron chi connectivity index (χ3n) is 5.79. The fourth-order valence-corrected chi connectivity index (χ4v) is 4.90. The van der Waals surface area contributed by atoms with Gasteiger partial charge in [-0.25, -0.2) is 8.78 Å². The van der Waals surface area contributed by atoms with E-state index in [1.807, 2.05) is 18.2 Å². The van der Waals surface area contributed by atoms with E-state index in [1.165, 1.54) is 29.0 Å². The fourth-order valence-electron chi connectivity index (χ4n) is 3.97. The number of fused-ring (bicyclic) bond motifs is 1. The van der Waals surface area contributed by atoms with Gasteiger partial charge in [0.2, 0.25) is 0 Å². The van der Waals surface area contributed by atoms with E-state index in [0.29, 0.717) is 17.0 Å². The highest BCUT2D eigenvalue weighted by atomic mass is 32.1. The van der Waals surface area contributed by atoms with Crippen LogP contribution in [0.1, 0.15) is 33.3 Å². The van der Waals surface area contributed by atoms with Gasteiger partial charge in [0.15, 0.2) is 0 Å². The SMILES string of the molecule is CCc1cccc(CNC[C@H](O)[C@H](Cc2cc(F)cc(F)c2)NC(=O)c2cc3ccncc3s2)c1. The van der Waals surface area contributed by atoms with Crippen LogP contribution in [0.3, 0.4) is 0 Å². The third kappa shape index (κ3) is 6.69. The zero-order chi connectivity index (χ0) is 24.8. The molecular formula is C27H27F2N3O2S. The first-order chi connectivity index (χ1) is 16.9. The van der Waals surface area contributed by atoms with Crippen molar-refractivity contribution < 1.29 is 18.7 Å². The second-order valence-corrected chi connectivity index (χ2v) is 9.54. The molecule has 0 bridgehead atoms. The minimum atomic E-state index is -0.990. The Hall–Kier alpha value is -3.20. The molecular weight excluding hydrogens is 468 g/mol. The summed E-state index contributed by atoms with van der Waals surface area (Å²) < 4.78 is 28.4. The minimum absolute atomic E-state index is 0.0705. The number of halogens is 2. The molecule has 2 aromatic heterocycles. The molecule has 0 aliphatic carbocycles. The summed E-state index contributed by atoms with van der Waals surface area (Å²) in [6.07, 6.45) is 3.36. The summed E-state index contributed by atoms with van der Waals surface area (Å²) in [5, 5.41) is 17.9. The highest BCUT2D eigenvalue weighted by molar-refractivity contribution is 7.20. The lowest BCUT2D eigenvalue weighted by atomic mass is 10.0. The van der Waals surface area contributed by atoms with Gasteiger partial charge in [-0.2, -0.15) is 0 Å². The summed E-state index contributed by atoms with van der Waals surface area (Å²) >= 11 is 1.30. The summed E-state index contributed by atoms with van der Waals surface area (Å²) in [6.45, 7) is 2.82. The van der Waals surface area contributed by atoms with E-state index in [1.54, 1.807) is 18.5 Å². The lowest BCUT2D eigenvalue weighted by Gasteiger charge is -2.25. The Labute approximate surface area is 206 Å². The molecule has 0 saturated heterocycles. The number of hydrogen-bond donors (Lipinski definition) is 3. The van der Waals surface area contributed by atoms with Gasteiger partial charge >= 0.3 is 0 Å². The molecule has 3 N–H and O–H groups in total. The number of aliphatic hydroxyl groups is 1. The average molecular weight is 496 g/mol. The van der Waals surface area contributed by atoms with E-state index in [-0.39, 0.29) is 18.9 Å². The van der Waals surface area contributed by atoms with Crippen LogP contribution in [0.15, 0.2) is 67.0 Å². The number of benzene rings is 2. The Balaban J connectivity index is 1.47. The third-order valence-corrected chi connectivity index (χ3v) is 6.87. The first-order valence-corrected chi connectivity index (χ1v) is 12.3. The molecule has 4 rings (SSSR count). The van der Waals surface area contributed by atoms with Crippen LogP contribution in [0.25, 0.3) is 10.1 Å². The van der Waals surface area contributed by atoms with Crippen molar-refractivity contribution in [1.29, 1.82) is 0 Å². The van der Waals surface area contributed by atoms with E-state index in [4.69, 9.17) is 0 Å². The number of amides is 1. The number of pyridine rings is 1. The molecule has 4 aromatic rings. The van der Waals surface area contributed by atoms with Crippen molar-refractivity contribution >= 4 is 27.3 Å². The molecule has 0 aliphatic heterocycles. The van der Waals surface area contributed by atoms with Crippen LogP contribution in [0.4, 0.5) is 8.78 Å². The minimum Gasteiger partial charge on any atom is -0.390 e. The molecule has 2 aromatic carbocycles. The lowest BCUT2D eigenvalue weighted by molar-refractivity contribution is 0.0833. The van der Waals surface area contributed by atoms with Gasteiger partial charge in [-0.15, -0.1) is 11.3 Å². The molecule has 2 atom stereocenters. The number of carbonyl (C=O) groups excluding carboxylic acids is 1. The van der Waals surface area contributed by atoms with Crippen LogP contribution < -0.4 is 10.6 Å². The quantitative estimate of drug-likeness (QED) is 0.300. The largest absolute Gasteiger partial charge is 0.390 e. The lowest BCUT2D eigenvalue weighted by Crippen LogP contribution is -2.48. The van der Waals surface area contributed by atoms with Gasteiger partial charge in [0.05, 0.1) is 21.7 Å². The average Bonchev–Trinajstić information content (AvgIpc) is 3.28. The van der Waals surface area contributed by atoms with Crippen molar-refractivity contribution in [2.45, 2.75) is 38.5 Å². The Kier molecular flexibility index (Phi) is 8.17. The predicted molar refractivity (Wildman–Crippen MR) is 134 cm³/mol. The van der Waals surface area contributed by atoms with Gasteiger partial charge in [-0.3, -0.25) is 9.78 Å². The van der Waals surface area contributed by atoms with Gasteiger partial charge in [0, 0.05) is 31.5 Å². The van der Waals surface area contributed by atoms with Gasteiger partial charge < -0.3 is 15.7 Å². The van der Waals surface area contributed by atoms with E-state index in [0.717, 1.165) is 28.1 Å². The molecule has 1 amide bonds. The highest BCUT2D eigenvalue weighted by Crippen LogP contribution is 2.24. The first-order valence-electron chi connectivity index (χ1n) is 11.5. The fraction of sp³-hybridized carbons (Fsp3) is 0.259. The maximum atomic E-state index is 13.8. The molecule has 0 saturated carbocycles. The van der Waals surface area contributed by atoms with Crippen molar-refractivity contribution in [1.82, 2.24) is 15.6 Å². The molecule has 0 fully saturated rings. The molecule has 0 unspecified atom stereocenters. The van der Waals surface area contributed by atoms with E-state index in [9.17, 15) is 18.7 Å². The predicted octanol–water partition coefficient (Wildman–Crippen LogP) is 4.63. The smallest absolute Gasteiger partial charge is 0.261 e. The number of rotatable bonds is 10. The zero-order valence-electron chi connectivity index (χ0n) is 19.3. The highest BCUT2D eigenvalue weighted by Gasteiger charge is 2.24. The molecule has 5 nitrogen and oxygen atoms in total. The van der Waals surface area contributed by atoms with Crippen LogP contribution in [0.2, 0.25) is 0 Å². The molecule has 0 aliphatic rings. The summed E-state index contributed by atoms with van der Waals surface area (Å²) in [6, 6.07) is 14.2. The molecule has 0 radical (unpaired) electrons. The van der Waals surface area contributed by atoms with Crippen LogP contribution in [0, 0.1) is 11.6 Å². The second kappa shape index (κ2) is 11.5. The number of nitrogens with zero attached hydrogens (tertiary/aromatic N) is 1.